The molecule has 0 spiro atoms. The largest absolute Gasteiger partial charge is 0.458 e. The van der Waals surface area contributed by atoms with E-state index in [1.807, 2.05) is 13.9 Å². The van der Waals surface area contributed by atoms with E-state index in [-0.39, 0.29) is 11.2 Å². The summed E-state index contributed by atoms with van der Waals surface area (Å²) in [7, 11) is 1.89. The fraction of sp³-hybridized carbons (Fsp3) is 0.100. The molecule has 0 aliphatic carbocycles. The molecule has 0 atom stereocenters. The van der Waals surface area contributed by atoms with Crippen LogP contribution in [-0.2, 0) is 6.67 Å². The Hall–Kier alpha value is -1.58. The van der Waals surface area contributed by atoms with Crippen molar-refractivity contribution in [1.29, 1.82) is 0 Å². The summed E-state index contributed by atoms with van der Waals surface area (Å²) in [6.07, 6.45) is 0. The van der Waals surface area contributed by atoms with Crippen LogP contribution in [0.4, 0.5) is 4.39 Å². The second-order valence-corrected chi connectivity index (χ2v) is 3.21. The Balaban J connectivity index is 2.83. The first-order valence-corrected chi connectivity index (χ1v) is 4.30. The molecule has 1 heterocycles. The Morgan fingerprint density at radius 2 is 2.14 bits per heavy atom. The molecule has 0 unspecified atom stereocenters. The number of alkyl halides is 1. The molecule has 0 aliphatic rings. The summed E-state index contributed by atoms with van der Waals surface area (Å²) in [5, 5.41) is 0.502. The third-order valence-corrected chi connectivity index (χ3v) is 2.07. The van der Waals surface area contributed by atoms with E-state index < -0.39 is 6.67 Å². The summed E-state index contributed by atoms with van der Waals surface area (Å²) in [4.78, 5) is 11.5. The Kier molecular flexibility index (Phi) is 2.12. The van der Waals surface area contributed by atoms with Gasteiger partial charge in [-0.25, -0.2) is 4.39 Å². The van der Waals surface area contributed by atoms with Crippen molar-refractivity contribution in [2.75, 3.05) is 0 Å². The maximum Gasteiger partial charge on any atom is 0.193 e. The molecule has 1 aromatic heterocycles. The first-order valence-electron chi connectivity index (χ1n) is 4.30. The topological polar surface area (TPSA) is 30.2 Å². The van der Waals surface area contributed by atoms with Gasteiger partial charge in [-0.3, -0.25) is 4.79 Å². The summed E-state index contributed by atoms with van der Waals surface area (Å²) >= 11 is 0. The van der Waals surface area contributed by atoms with Gasteiger partial charge in [0.2, 0.25) is 0 Å². The molecule has 0 saturated carbocycles. The number of halogens is 1. The number of hydrogen-bond donors (Lipinski definition) is 0. The summed E-state index contributed by atoms with van der Waals surface area (Å²) in [5.41, 5.74) is 1.23. The van der Waals surface area contributed by atoms with Crippen LogP contribution in [0.1, 0.15) is 5.76 Å². The lowest BCUT2D eigenvalue weighted by molar-refractivity contribution is 0.401. The average molecular weight is 190 g/mol. The second-order valence-electron chi connectivity index (χ2n) is 3.21. The van der Waals surface area contributed by atoms with Gasteiger partial charge in [-0.05, 0) is 6.07 Å². The van der Waals surface area contributed by atoms with Crippen molar-refractivity contribution in [2.45, 2.75) is 6.67 Å². The molecule has 0 N–H and O–H groups in total. The standard InChI is InChI=1S/C10H8BFO2/c11-6-1-2-10-8(3-6)9(13)4-7(5-12)14-10/h1-4H,5,11H2. The van der Waals surface area contributed by atoms with Crippen molar-refractivity contribution in [3.63, 3.8) is 0 Å². The van der Waals surface area contributed by atoms with E-state index in [2.05, 4.69) is 0 Å². The fourth-order valence-electron chi connectivity index (χ4n) is 1.39. The summed E-state index contributed by atoms with van der Waals surface area (Å²) in [6.45, 7) is -0.751. The van der Waals surface area contributed by atoms with Crippen LogP contribution in [0.5, 0.6) is 0 Å². The normalized spacial score (nSPS) is 10.6. The minimum Gasteiger partial charge on any atom is -0.458 e. The van der Waals surface area contributed by atoms with Crippen molar-refractivity contribution in [1.82, 2.24) is 0 Å². The number of rotatable bonds is 1. The van der Waals surface area contributed by atoms with Gasteiger partial charge >= 0.3 is 0 Å². The molecule has 2 nitrogen and oxygen atoms in total. The van der Waals surface area contributed by atoms with Gasteiger partial charge in [0.1, 0.15) is 25.9 Å². The van der Waals surface area contributed by atoms with Gasteiger partial charge in [-0.15, -0.1) is 0 Å². The van der Waals surface area contributed by atoms with Gasteiger partial charge in [0, 0.05) is 6.07 Å². The molecular weight excluding hydrogens is 182 g/mol. The van der Waals surface area contributed by atoms with E-state index in [9.17, 15) is 9.18 Å². The Labute approximate surface area is 80.8 Å². The number of benzene rings is 1. The molecular formula is C10H8BFO2. The lowest BCUT2D eigenvalue weighted by Gasteiger charge is -1.99. The summed E-state index contributed by atoms with van der Waals surface area (Å²) < 4.78 is 17.5. The minimum atomic E-state index is -0.751. The quantitative estimate of drug-likeness (QED) is 0.613. The van der Waals surface area contributed by atoms with Crippen molar-refractivity contribution >= 4 is 24.3 Å². The zero-order valence-electron chi connectivity index (χ0n) is 7.71. The molecule has 2 aromatic rings. The van der Waals surface area contributed by atoms with Crippen LogP contribution in [0.2, 0.25) is 0 Å². The van der Waals surface area contributed by atoms with E-state index in [1.165, 1.54) is 6.07 Å². The SMILES string of the molecule is Bc1ccc2oc(CF)cc(=O)c2c1. The first-order chi connectivity index (χ1) is 6.70. The smallest absolute Gasteiger partial charge is 0.193 e. The van der Waals surface area contributed by atoms with Crippen molar-refractivity contribution in [2.24, 2.45) is 0 Å². The summed E-state index contributed by atoms with van der Waals surface area (Å²) in [6, 6.07) is 6.45. The van der Waals surface area contributed by atoms with E-state index in [4.69, 9.17) is 4.42 Å². The van der Waals surface area contributed by atoms with Crippen molar-refractivity contribution in [3.8, 4) is 0 Å². The van der Waals surface area contributed by atoms with Crippen molar-refractivity contribution in [3.05, 3.63) is 40.2 Å². The van der Waals surface area contributed by atoms with Crippen molar-refractivity contribution < 1.29 is 8.81 Å². The zero-order chi connectivity index (χ0) is 10.1. The highest BCUT2D eigenvalue weighted by Crippen LogP contribution is 2.10. The Morgan fingerprint density at radius 1 is 1.36 bits per heavy atom. The van der Waals surface area contributed by atoms with Gasteiger partial charge < -0.3 is 4.42 Å². The van der Waals surface area contributed by atoms with Crippen LogP contribution in [0, 0.1) is 0 Å². The Morgan fingerprint density at radius 3 is 2.86 bits per heavy atom. The van der Waals surface area contributed by atoms with Gasteiger partial charge in [0.25, 0.3) is 0 Å². The van der Waals surface area contributed by atoms with Crippen LogP contribution >= 0.6 is 0 Å². The third kappa shape index (κ3) is 1.43. The van der Waals surface area contributed by atoms with E-state index in [1.54, 1.807) is 12.1 Å². The predicted molar refractivity (Wildman–Crippen MR) is 55.5 cm³/mol. The van der Waals surface area contributed by atoms with Crippen LogP contribution in [0.15, 0.2) is 33.5 Å². The van der Waals surface area contributed by atoms with E-state index in [0.717, 1.165) is 5.46 Å². The van der Waals surface area contributed by atoms with E-state index >= 15 is 0 Å². The molecule has 4 heteroatoms. The fourth-order valence-corrected chi connectivity index (χ4v) is 1.39. The molecule has 70 valence electrons. The first kappa shape index (κ1) is 9.00. The summed E-state index contributed by atoms with van der Waals surface area (Å²) in [5.74, 6) is 0.0753. The predicted octanol–water partition coefficient (Wildman–Crippen LogP) is 0.521. The molecule has 1 aromatic carbocycles. The Bertz CT molecular complexity index is 533. The minimum absolute atomic E-state index is 0.0753. The maximum absolute atomic E-state index is 12.3. The lowest BCUT2D eigenvalue weighted by Crippen LogP contribution is -2.07. The van der Waals surface area contributed by atoms with Crippen LogP contribution in [-0.4, -0.2) is 7.85 Å². The van der Waals surface area contributed by atoms with E-state index in [0.29, 0.717) is 11.0 Å². The molecule has 0 aliphatic heterocycles. The molecule has 0 fully saturated rings. The molecule has 0 saturated heterocycles. The highest BCUT2D eigenvalue weighted by molar-refractivity contribution is 6.33. The average Bonchev–Trinajstić information content (AvgIpc) is 2.19. The molecule has 0 radical (unpaired) electrons. The molecule has 0 amide bonds. The van der Waals surface area contributed by atoms with Gasteiger partial charge in [-0.2, -0.15) is 0 Å². The van der Waals surface area contributed by atoms with Gasteiger partial charge in [0.15, 0.2) is 5.43 Å². The van der Waals surface area contributed by atoms with Gasteiger partial charge in [-0.1, -0.05) is 17.6 Å². The molecule has 14 heavy (non-hydrogen) atoms. The van der Waals surface area contributed by atoms with Gasteiger partial charge in [0.05, 0.1) is 5.39 Å². The molecule has 0 bridgehead atoms. The zero-order valence-corrected chi connectivity index (χ0v) is 7.71. The number of fused-ring (bicyclic) bond motifs is 1. The third-order valence-electron chi connectivity index (χ3n) is 2.07. The highest BCUT2D eigenvalue weighted by Gasteiger charge is 2.03. The second kappa shape index (κ2) is 3.29. The van der Waals surface area contributed by atoms with Crippen LogP contribution < -0.4 is 10.9 Å². The lowest BCUT2D eigenvalue weighted by atomic mass is 9.95. The monoisotopic (exact) mass is 190 g/mol. The van der Waals surface area contributed by atoms with Crippen LogP contribution in [0.25, 0.3) is 11.0 Å². The maximum atomic E-state index is 12.3. The highest BCUT2D eigenvalue weighted by atomic mass is 19.1. The van der Waals surface area contributed by atoms with Crippen LogP contribution in [0.3, 0.4) is 0 Å². The number of hydrogen-bond acceptors (Lipinski definition) is 2. The molecule has 2 rings (SSSR count).